The van der Waals surface area contributed by atoms with E-state index in [9.17, 15) is 14.9 Å². The molecule has 0 atom stereocenters. The number of carboxylic acids is 1. The smallest absolute Gasteiger partial charge is 0.342 e. The first-order valence-corrected chi connectivity index (χ1v) is 6.79. The fraction of sp³-hybridized carbons (Fsp3) is 0.500. The summed E-state index contributed by atoms with van der Waals surface area (Å²) in [6, 6.07) is 2.27. The summed E-state index contributed by atoms with van der Waals surface area (Å²) >= 11 is 0. The van der Waals surface area contributed by atoms with Crippen LogP contribution in [0, 0.1) is 10.1 Å². The Kier molecular flexibility index (Phi) is 4.62. The van der Waals surface area contributed by atoms with Crippen molar-refractivity contribution in [3.63, 3.8) is 0 Å². The number of methoxy groups -OCH3 is 1. The number of nitrogens with zero attached hydrogens (tertiary/aromatic N) is 1. The van der Waals surface area contributed by atoms with Crippen molar-refractivity contribution in [3.8, 4) is 11.5 Å². The van der Waals surface area contributed by atoms with Crippen LogP contribution in [0.4, 0.5) is 5.69 Å². The molecule has 1 saturated carbocycles. The third kappa shape index (κ3) is 3.42. The second kappa shape index (κ2) is 6.43. The fourth-order valence-electron chi connectivity index (χ4n) is 2.49. The fourth-order valence-corrected chi connectivity index (χ4v) is 2.49. The number of aromatic carboxylic acids is 1. The first-order chi connectivity index (χ1) is 10.0. The molecule has 1 fully saturated rings. The van der Waals surface area contributed by atoms with E-state index in [-0.39, 0.29) is 17.6 Å². The highest BCUT2D eigenvalue weighted by molar-refractivity contribution is 5.93. The molecule has 7 heteroatoms. The summed E-state index contributed by atoms with van der Waals surface area (Å²) in [5, 5.41) is 20.1. The molecule has 7 nitrogen and oxygen atoms in total. The molecule has 1 aromatic rings. The van der Waals surface area contributed by atoms with Gasteiger partial charge in [-0.15, -0.1) is 0 Å². The molecule has 114 valence electrons. The van der Waals surface area contributed by atoms with Crippen LogP contribution in [0.2, 0.25) is 0 Å². The summed E-state index contributed by atoms with van der Waals surface area (Å²) in [5.74, 6) is -0.950. The standard InChI is InChI=1S/C14H17NO6/c1-20-12-7-10(14(16)17)11(15(18)19)8-13(12)21-9-5-3-2-4-6-9/h7-9H,2-6H2,1H3,(H,16,17). The SMILES string of the molecule is COc1cc(C(=O)O)c([N+](=O)[O-])cc1OC1CCCCC1. The highest BCUT2D eigenvalue weighted by Gasteiger charge is 2.26. The highest BCUT2D eigenvalue weighted by atomic mass is 16.6. The summed E-state index contributed by atoms with van der Waals surface area (Å²) in [4.78, 5) is 21.4. The minimum Gasteiger partial charge on any atom is -0.493 e. The summed E-state index contributed by atoms with van der Waals surface area (Å²) in [7, 11) is 1.38. The lowest BCUT2D eigenvalue weighted by Gasteiger charge is -2.24. The Hall–Kier alpha value is -2.31. The molecular formula is C14H17NO6. The van der Waals surface area contributed by atoms with Crippen LogP contribution in [-0.4, -0.2) is 29.2 Å². The van der Waals surface area contributed by atoms with Gasteiger partial charge in [0.2, 0.25) is 0 Å². The number of nitro groups is 1. The molecule has 0 aromatic heterocycles. The average molecular weight is 295 g/mol. The molecule has 0 amide bonds. The van der Waals surface area contributed by atoms with E-state index in [2.05, 4.69) is 0 Å². The van der Waals surface area contributed by atoms with Gasteiger partial charge in [0.15, 0.2) is 11.5 Å². The number of carboxylic acid groups (broad SMARTS) is 1. The van der Waals surface area contributed by atoms with Crippen molar-refractivity contribution in [2.75, 3.05) is 7.11 Å². The molecular weight excluding hydrogens is 278 g/mol. The summed E-state index contributed by atoms with van der Waals surface area (Å²) < 4.78 is 10.9. The molecule has 0 aliphatic heterocycles. The van der Waals surface area contributed by atoms with E-state index >= 15 is 0 Å². The summed E-state index contributed by atoms with van der Waals surface area (Å²) in [6.45, 7) is 0. The minimum atomic E-state index is -1.37. The molecule has 1 aliphatic rings. The first kappa shape index (κ1) is 15.1. The summed E-state index contributed by atoms with van der Waals surface area (Å²) in [5.41, 5.74) is -0.901. The summed E-state index contributed by atoms with van der Waals surface area (Å²) in [6.07, 6.45) is 5.04. The van der Waals surface area contributed by atoms with Crippen molar-refractivity contribution in [3.05, 3.63) is 27.8 Å². The zero-order valence-electron chi connectivity index (χ0n) is 11.7. The van der Waals surface area contributed by atoms with Crippen molar-refractivity contribution in [1.82, 2.24) is 0 Å². The van der Waals surface area contributed by atoms with E-state index in [1.807, 2.05) is 0 Å². The Morgan fingerprint density at radius 2 is 1.95 bits per heavy atom. The maximum atomic E-state index is 11.1. The second-order valence-electron chi connectivity index (χ2n) is 4.96. The quantitative estimate of drug-likeness (QED) is 0.662. The Balaban J connectivity index is 2.36. The van der Waals surface area contributed by atoms with Gasteiger partial charge in [-0.3, -0.25) is 10.1 Å². The minimum absolute atomic E-state index is 0.0112. The normalized spacial score (nSPS) is 15.5. The van der Waals surface area contributed by atoms with Crippen molar-refractivity contribution in [1.29, 1.82) is 0 Å². The van der Waals surface area contributed by atoms with Crippen LogP contribution in [0.15, 0.2) is 12.1 Å². The Morgan fingerprint density at radius 3 is 2.48 bits per heavy atom. The van der Waals surface area contributed by atoms with Gasteiger partial charge in [0.25, 0.3) is 5.69 Å². The molecule has 1 aliphatic carbocycles. The Labute approximate surface area is 121 Å². The van der Waals surface area contributed by atoms with Crippen LogP contribution in [-0.2, 0) is 0 Å². The van der Waals surface area contributed by atoms with E-state index in [1.165, 1.54) is 7.11 Å². The molecule has 1 N–H and O–H groups in total. The number of nitro benzene ring substituents is 1. The third-order valence-electron chi connectivity index (χ3n) is 3.55. The van der Waals surface area contributed by atoms with E-state index in [1.54, 1.807) is 0 Å². The molecule has 21 heavy (non-hydrogen) atoms. The number of rotatable bonds is 5. The lowest BCUT2D eigenvalue weighted by atomic mass is 9.98. The number of benzene rings is 1. The maximum Gasteiger partial charge on any atom is 0.342 e. The van der Waals surface area contributed by atoms with Crippen LogP contribution in [0.5, 0.6) is 11.5 Å². The van der Waals surface area contributed by atoms with E-state index in [4.69, 9.17) is 14.6 Å². The molecule has 1 aromatic carbocycles. The zero-order valence-corrected chi connectivity index (χ0v) is 11.7. The molecule has 0 bridgehead atoms. The lowest BCUT2D eigenvalue weighted by molar-refractivity contribution is -0.385. The third-order valence-corrected chi connectivity index (χ3v) is 3.55. The monoisotopic (exact) mass is 295 g/mol. The number of hydrogen-bond acceptors (Lipinski definition) is 5. The second-order valence-corrected chi connectivity index (χ2v) is 4.96. The molecule has 2 rings (SSSR count). The molecule has 0 heterocycles. The van der Waals surface area contributed by atoms with Gasteiger partial charge >= 0.3 is 5.97 Å². The first-order valence-electron chi connectivity index (χ1n) is 6.79. The van der Waals surface area contributed by atoms with Crippen LogP contribution in [0.1, 0.15) is 42.5 Å². The lowest BCUT2D eigenvalue weighted by Crippen LogP contribution is -2.20. The molecule has 0 saturated heterocycles. The van der Waals surface area contributed by atoms with Gasteiger partial charge in [-0.05, 0) is 25.7 Å². The van der Waals surface area contributed by atoms with Gasteiger partial charge in [-0.25, -0.2) is 4.79 Å². The predicted octanol–water partition coefficient (Wildman–Crippen LogP) is 3.01. The largest absolute Gasteiger partial charge is 0.493 e. The molecule has 0 radical (unpaired) electrons. The van der Waals surface area contributed by atoms with Crippen molar-refractivity contribution in [2.24, 2.45) is 0 Å². The van der Waals surface area contributed by atoms with Crippen LogP contribution >= 0.6 is 0 Å². The Morgan fingerprint density at radius 1 is 1.29 bits per heavy atom. The van der Waals surface area contributed by atoms with Crippen molar-refractivity contribution < 1.29 is 24.3 Å². The zero-order chi connectivity index (χ0) is 15.4. The Bertz CT molecular complexity index is 551. The number of ether oxygens (including phenoxy) is 2. The highest BCUT2D eigenvalue weighted by Crippen LogP contribution is 2.36. The number of carbonyl (C=O) groups is 1. The average Bonchev–Trinajstić information content (AvgIpc) is 2.47. The van der Waals surface area contributed by atoms with E-state index < -0.39 is 22.1 Å². The number of hydrogen-bond donors (Lipinski definition) is 1. The van der Waals surface area contributed by atoms with Gasteiger partial charge in [-0.2, -0.15) is 0 Å². The maximum absolute atomic E-state index is 11.1. The topological polar surface area (TPSA) is 98.9 Å². The van der Waals surface area contributed by atoms with E-state index in [0.717, 1.165) is 44.2 Å². The van der Waals surface area contributed by atoms with Crippen molar-refractivity contribution in [2.45, 2.75) is 38.2 Å². The molecule has 0 unspecified atom stereocenters. The predicted molar refractivity (Wildman–Crippen MR) is 74.1 cm³/mol. The van der Waals surface area contributed by atoms with Crippen molar-refractivity contribution >= 4 is 11.7 Å². The van der Waals surface area contributed by atoms with Gasteiger partial charge in [0.05, 0.1) is 24.2 Å². The van der Waals surface area contributed by atoms with Crippen LogP contribution < -0.4 is 9.47 Å². The van der Waals surface area contributed by atoms with E-state index in [0.29, 0.717) is 0 Å². The van der Waals surface area contributed by atoms with Gasteiger partial charge in [0, 0.05) is 6.07 Å². The van der Waals surface area contributed by atoms with Gasteiger partial charge in [0.1, 0.15) is 5.56 Å². The van der Waals surface area contributed by atoms with Gasteiger partial charge < -0.3 is 14.6 Å². The van der Waals surface area contributed by atoms with Crippen LogP contribution in [0.3, 0.4) is 0 Å². The molecule has 0 spiro atoms. The van der Waals surface area contributed by atoms with Crippen LogP contribution in [0.25, 0.3) is 0 Å². The van der Waals surface area contributed by atoms with Gasteiger partial charge in [-0.1, -0.05) is 6.42 Å².